The molecule has 1 fully saturated rings. The van der Waals surface area contributed by atoms with Gasteiger partial charge in [0.1, 0.15) is 4.21 Å². The van der Waals surface area contributed by atoms with Crippen molar-refractivity contribution in [3.8, 4) is 0 Å². The predicted molar refractivity (Wildman–Crippen MR) is 70.0 cm³/mol. The quantitative estimate of drug-likeness (QED) is 0.885. The zero-order chi connectivity index (χ0) is 12.5. The van der Waals surface area contributed by atoms with E-state index < -0.39 is 10.0 Å². The molecule has 1 saturated heterocycles. The highest BCUT2D eigenvalue weighted by Gasteiger charge is 2.28. The van der Waals surface area contributed by atoms with E-state index in [-0.39, 0.29) is 0 Å². The van der Waals surface area contributed by atoms with E-state index in [0.29, 0.717) is 17.3 Å². The molecule has 0 aliphatic carbocycles. The summed E-state index contributed by atoms with van der Waals surface area (Å²) in [6.45, 7) is 6.63. The minimum atomic E-state index is -3.28. The molecule has 0 bridgehead atoms. The van der Waals surface area contributed by atoms with Crippen molar-refractivity contribution in [2.24, 2.45) is 0 Å². The van der Waals surface area contributed by atoms with Crippen molar-refractivity contribution in [1.29, 1.82) is 0 Å². The van der Waals surface area contributed by atoms with Crippen LogP contribution in [0.2, 0.25) is 0 Å². The van der Waals surface area contributed by atoms with Crippen LogP contribution in [0.3, 0.4) is 0 Å². The molecule has 0 spiro atoms. The standard InChI is InChI=1S/C11H18N2O2S2/c1-9-8-10(2)16-11(9)17(14,15)13-6-3-4-12-5-7-13/h8,12H,3-7H2,1-2H3. The number of aryl methyl sites for hydroxylation is 2. The third-order valence-corrected chi connectivity index (χ3v) is 6.53. The van der Waals surface area contributed by atoms with Gasteiger partial charge in [0.15, 0.2) is 0 Å². The van der Waals surface area contributed by atoms with Crippen LogP contribution in [0, 0.1) is 13.8 Å². The molecule has 1 aliphatic heterocycles. The van der Waals surface area contributed by atoms with E-state index in [1.165, 1.54) is 11.3 Å². The maximum absolute atomic E-state index is 12.5. The number of nitrogens with zero attached hydrogens (tertiary/aromatic N) is 1. The predicted octanol–water partition coefficient (Wildman–Crippen LogP) is 1.35. The Morgan fingerprint density at radius 2 is 2.06 bits per heavy atom. The monoisotopic (exact) mass is 274 g/mol. The highest BCUT2D eigenvalue weighted by atomic mass is 32.2. The normalized spacial score (nSPS) is 19.2. The van der Waals surface area contributed by atoms with Gasteiger partial charge in [0, 0.05) is 24.5 Å². The maximum atomic E-state index is 12.5. The van der Waals surface area contributed by atoms with Crippen LogP contribution in [-0.2, 0) is 10.0 Å². The van der Waals surface area contributed by atoms with Gasteiger partial charge in [-0.1, -0.05) is 0 Å². The van der Waals surface area contributed by atoms with Gasteiger partial charge in [-0.25, -0.2) is 8.42 Å². The van der Waals surface area contributed by atoms with Crippen molar-refractivity contribution < 1.29 is 8.42 Å². The Hall–Kier alpha value is -0.430. The molecule has 17 heavy (non-hydrogen) atoms. The van der Waals surface area contributed by atoms with E-state index in [9.17, 15) is 8.42 Å². The first-order valence-corrected chi connectivity index (χ1v) is 8.05. The van der Waals surface area contributed by atoms with Crippen molar-refractivity contribution in [2.45, 2.75) is 24.5 Å². The molecular weight excluding hydrogens is 256 g/mol. The highest BCUT2D eigenvalue weighted by molar-refractivity contribution is 7.91. The molecule has 0 amide bonds. The lowest BCUT2D eigenvalue weighted by molar-refractivity contribution is 0.433. The van der Waals surface area contributed by atoms with Gasteiger partial charge in [0.2, 0.25) is 0 Å². The fourth-order valence-electron chi connectivity index (χ4n) is 2.05. The topological polar surface area (TPSA) is 49.4 Å². The third kappa shape index (κ3) is 2.70. The van der Waals surface area contributed by atoms with Gasteiger partial charge in [0.05, 0.1) is 0 Å². The Bertz CT molecular complexity index is 486. The Labute approximate surface area is 107 Å². The fourth-order valence-corrected chi connectivity index (χ4v) is 5.34. The molecule has 0 aromatic carbocycles. The number of sulfonamides is 1. The van der Waals surface area contributed by atoms with Crippen LogP contribution in [0.4, 0.5) is 0 Å². The summed E-state index contributed by atoms with van der Waals surface area (Å²) in [6, 6.07) is 1.94. The molecular formula is C11H18N2O2S2. The van der Waals surface area contributed by atoms with E-state index in [0.717, 1.165) is 30.0 Å². The van der Waals surface area contributed by atoms with Crippen LogP contribution in [0.5, 0.6) is 0 Å². The van der Waals surface area contributed by atoms with E-state index in [1.807, 2.05) is 19.9 Å². The van der Waals surface area contributed by atoms with Gasteiger partial charge in [-0.15, -0.1) is 11.3 Å². The second-order valence-electron chi connectivity index (χ2n) is 4.34. The summed E-state index contributed by atoms with van der Waals surface area (Å²) < 4.78 is 27.1. The largest absolute Gasteiger partial charge is 0.315 e. The number of thiophene rings is 1. The molecule has 0 radical (unpaired) electrons. The molecule has 96 valence electrons. The van der Waals surface area contributed by atoms with Crippen LogP contribution in [-0.4, -0.2) is 38.9 Å². The first-order chi connectivity index (χ1) is 8.01. The Morgan fingerprint density at radius 1 is 1.29 bits per heavy atom. The molecule has 2 heterocycles. The number of hydrogen-bond acceptors (Lipinski definition) is 4. The second-order valence-corrected chi connectivity index (χ2v) is 7.72. The van der Waals surface area contributed by atoms with E-state index in [4.69, 9.17) is 0 Å². The molecule has 0 saturated carbocycles. The summed E-state index contributed by atoms with van der Waals surface area (Å²) >= 11 is 1.37. The fraction of sp³-hybridized carbons (Fsp3) is 0.636. The Kier molecular flexibility index (Phi) is 3.87. The molecule has 0 atom stereocenters. The van der Waals surface area contributed by atoms with Gasteiger partial charge < -0.3 is 5.32 Å². The summed E-state index contributed by atoms with van der Waals surface area (Å²) in [7, 11) is -3.28. The lowest BCUT2D eigenvalue weighted by Crippen LogP contribution is -2.34. The minimum Gasteiger partial charge on any atom is -0.315 e. The molecule has 6 heteroatoms. The van der Waals surface area contributed by atoms with Crippen molar-refractivity contribution in [1.82, 2.24) is 9.62 Å². The molecule has 1 aliphatic rings. The van der Waals surface area contributed by atoms with Crippen LogP contribution in [0.15, 0.2) is 10.3 Å². The van der Waals surface area contributed by atoms with Gasteiger partial charge in [0.25, 0.3) is 10.0 Å². The smallest absolute Gasteiger partial charge is 0.252 e. The van der Waals surface area contributed by atoms with E-state index in [1.54, 1.807) is 4.31 Å². The molecule has 4 nitrogen and oxygen atoms in total. The molecule has 1 aromatic heterocycles. The zero-order valence-electron chi connectivity index (χ0n) is 10.2. The van der Waals surface area contributed by atoms with Gasteiger partial charge in [-0.2, -0.15) is 4.31 Å². The number of nitrogens with one attached hydrogen (secondary N) is 1. The Morgan fingerprint density at radius 3 is 2.71 bits per heavy atom. The summed E-state index contributed by atoms with van der Waals surface area (Å²) in [5, 5.41) is 3.22. The van der Waals surface area contributed by atoms with Crippen molar-refractivity contribution in [3.05, 3.63) is 16.5 Å². The van der Waals surface area contributed by atoms with E-state index >= 15 is 0 Å². The minimum absolute atomic E-state index is 0.511. The first kappa shape index (κ1) is 13.0. The first-order valence-electron chi connectivity index (χ1n) is 5.80. The average Bonchev–Trinajstić information content (AvgIpc) is 2.52. The second kappa shape index (κ2) is 5.06. The highest BCUT2D eigenvalue weighted by Crippen LogP contribution is 2.28. The van der Waals surface area contributed by atoms with Crippen molar-refractivity contribution in [3.63, 3.8) is 0 Å². The Balaban J connectivity index is 2.31. The van der Waals surface area contributed by atoms with Crippen LogP contribution in [0.25, 0.3) is 0 Å². The van der Waals surface area contributed by atoms with Crippen LogP contribution in [0.1, 0.15) is 16.9 Å². The lowest BCUT2D eigenvalue weighted by atomic mass is 10.4. The zero-order valence-corrected chi connectivity index (χ0v) is 11.8. The average molecular weight is 274 g/mol. The third-order valence-electron chi connectivity index (χ3n) is 2.87. The lowest BCUT2D eigenvalue weighted by Gasteiger charge is -2.18. The summed E-state index contributed by atoms with van der Waals surface area (Å²) in [5.74, 6) is 0. The van der Waals surface area contributed by atoms with E-state index in [2.05, 4.69) is 5.32 Å². The summed E-state index contributed by atoms with van der Waals surface area (Å²) in [6.07, 6.45) is 0.878. The van der Waals surface area contributed by atoms with Crippen molar-refractivity contribution >= 4 is 21.4 Å². The van der Waals surface area contributed by atoms with Gasteiger partial charge in [-0.05, 0) is 38.4 Å². The SMILES string of the molecule is Cc1cc(C)c(S(=O)(=O)N2CCCNCC2)s1. The summed E-state index contributed by atoms with van der Waals surface area (Å²) in [5.41, 5.74) is 0.865. The molecule has 0 unspecified atom stereocenters. The van der Waals surface area contributed by atoms with Crippen LogP contribution >= 0.6 is 11.3 Å². The van der Waals surface area contributed by atoms with Gasteiger partial charge >= 0.3 is 0 Å². The molecule has 2 rings (SSSR count). The molecule has 1 aromatic rings. The van der Waals surface area contributed by atoms with Gasteiger partial charge in [-0.3, -0.25) is 0 Å². The van der Waals surface area contributed by atoms with Crippen molar-refractivity contribution in [2.75, 3.05) is 26.2 Å². The number of rotatable bonds is 2. The summed E-state index contributed by atoms with van der Waals surface area (Å²) in [4.78, 5) is 1.05. The van der Waals surface area contributed by atoms with Crippen LogP contribution < -0.4 is 5.32 Å². The molecule has 1 N–H and O–H groups in total. The maximum Gasteiger partial charge on any atom is 0.252 e. The number of hydrogen-bond donors (Lipinski definition) is 1.